The first-order valence-corrected chi connectivity index (χ1v) is 6.96. The highest BCUT2D eigenvalue weighted by Crippen LogP contribution is 2.34. The van der Waals surface area contributed by atoms with Crippen LogP contribution in [0.4, 0.5) is 0 Å². The van der Waals surface area contributed by atoms with E-state index < -0.39 is 5.24 Å². The minimum atomic E-state index is -0.779. The highest BCUT2D eigenvalue weighted by atomic mass is 35.5. The molecule has 0 fully saturated rings. The number of hydrogen-bond acceptors (Lipinski definition) is 2. The molecule has 0 saturated carbocycles. The van der Waals surface area contributed by atoms with Crippen molar-refractivity contribution in [1.29, 1.82) is 0 Å². The number of carbonyl (C=O) groups excluding carboxylic acids is 2. The van der Waals surface area contributed by atoms with Crippen molar-refractivity contribution in [2.45, 2.75) is 20.8 Å². The Morgan fingerprint density at radius 2 is 1.67 bits per heavy atom. The molecule has 106 valence electrons. The van der Waals surface area contributed by atoms with Gasteiger partial charge in [-0.2, -0.15) is 0 Å². The lowest BCUT2D eigenvalue weighted by Crippen LogP contribution is -2.03. The van der Waals surface area contributed by atoms with Gasteiger partial charge in [0, 0.05) is 5.56 Å². The third-order valence-corrected chi connectivity index (χ3v) is 3.77. The number of aryl methyl sites for hydroxylation is 2. The van der Waals surface area contributed by atoms with Crippen molar-refractivity contribution in [3.8, 4) is 11.1 Å². The Bertz CT molecular complexity index is 755. The molecule has 2 aromatic rings. The second-order valence-corrected chi connectivity index (χ2v) is 5.35. The molecule has 0 N–H and O–H groups in total. The fourth-order valence-corrected chi connectivity index (χ4v) is 2.94. The molecule has 0 amide bonds. The predicted octanol–water partition coefficient (Wildman–Crippen LogP) is 4.26. The van der Waals surface area contributed by atoms with Crippen LogP contribution >= 0.6 is 11.6 Å². The molecule has 0 spiro atoms. The first kappa shape index (κ1) is 15.2. The molecular formula is C18H15ClO2. The molecule has 2 nitrogen and oxygen atoms in total. The molecule has 0 heterocycles. The van der Waals surface area contributed by atoms with E-state index in [4.69, 9.17) is 11.6 Å². The molecule has 21 heavy (non-hydrogen) atoms. The van der Waals surface area contributed by atoms with Crippen LogP contribution in [0.25, 0.3) is 16.7 Å². The molecule has 3 heteroatoms. The highest BCUT2D eigenvalue weighted by molar-refractivity contribution is 6.75. The lowest BCUT2D eigenvalue weighted by atomic mass is 9.87. The maximum atomic E-state index is 11.5. The number of rotatable bonds is 3. The van der Waals surface area contributed by atoms with Crippen LogP contribution in [0.5, 0.6) is 0 Å². The zero-order chi connectivity index (χ0) is 15.6. The van der Waals surface area contributed by atoms with Crippen molar-refractivity contribution in [2.75, 3.05) is 0 Å². The number of carbonyl (C=O) groups is 1. The van der Waals surface area contributed by atoms with E-state index in [9.17, 15) is 9.59 Å². The SMILES string of the molecule is Cc1cc(C)c(-c2ccccc2)c(C)c1C(=C=O)C(=O)Cl. The van der Waals surface area contributed by atoms with Crippen LogP contribution in [0, 0.1) is 20.8 Å². The van der Waals surface area contributed by atoms with E-state index in [1.54, 1.807) is 5.94 Å². The Hall–Kier alpha value is -2.15. The van der Waals surface area contributed by atoms with Gasteiger partial charge in [-0.3, -0.25) is 4.79 Å². The Balaban J connectivity index is 2.82. The average molecular weight is 299 g/mol. The summed E-state index contributed by atoms with van der Waals surface area (Å²) in [5.41, 5.74) is 5.33. The maximum absolute atomic E-state index is 11.5. The van der Waals surface area contributed by atoms with Gasteiger partial charge in [0.05, 0.1) is 0 Å². The Labute approximate surface area is 129 Å². The summed E-state index contributed by atoms with van der Waals surface area (Å²) in [4.78, 5) is 22.6. The summed E-state index contributed by atoms with van der Waals surface area (Å²) in [6.07, 6.45) is 0. The fourth-order valence-electron chi connectivity index (χ4n) is 2.81. The third-order valence-electron chi connectivity index (χ3n) is 3.58. The van der Waals surface area contributed by atoms with Gasteiger partial charge >= 0.3 is 0 Å². The van der Waals surface area contributed by atoms with E-state index in [0.717, 1.165) is 27.8 Å². The normalized spacial score (nSPS) is 10.1. The number of allylic oxidation sites excluding steroid dienone is 1. The van der Waals surface area contributed by atoms with E-state index in [2.05, 4.69) is 0 Å². The Kier molecular flexibility index (Phi) is 4.42. The zero-order valence-electron chi connectivity index (χ0n) is 12.2. The zero-order valence-corrected chi connectivity index (χ0v) is 12.9. The van der Waals surface area contributed by atoms with Crippen molar-refractivity contribution in [3.05, 3.63) is 58.7 Å². The highest BCUT2D eigenvalue weighted by Gasteiger charge is 2.20. The van der Waals surface area contributed by atoms with Crippen LogP contribution in [0.15, 0.2) is 36.4 Å². The van der Waals surface area contributed by atoms with Crippen LogP contribution in [0.3, 0.4) is 0 Å². The second kappa shape index (κ2) is 6.09. The first-order chi connectivity index (χ1) is 9.97. The Morgan fingerprint density at radius 1 is 1.05 bits per heavy atom. The summed E-state index contributed by atoms with van der Waals surface area (Å²) in [7, 11) is 0. The largest absolute Gasteiger partial charge is 0.275 e. The van der Waals surface area contributed by atoms with Gasteiger partial charge in [-0.05, 0) is 60.2 Å². The number of halogens is 1. The van der Waals surface area contributed by atoms with Gasteiger partial charge in [0.15, 0.2) is 0 Å². The van der Waals surface area contributed by atoms with Crippen molar-refractivity contribution in [1.82, 2.24) is 0 Å². The Morgan fingerprint density at radius 3 is 2.19 bits per heavy atom. The summed E-state index contributed by atoms with van der Waals surface area (Å²) in [6, 6.07) is 11.8. The third kappa shape index (κ3) is 2.82. The molecule has 2 rings (SSSR count). The summed E-state index contributed by atoms with van der Waals surface area (Å²) in [6.45, 7) is 5.77. The molecule has 0 radical (unpaired) electrons. The second-order valence-electron chi connectivity index (χ2n) is 5.00. The smallest absolute Gasteiger partial charge is 0.264 e. The van der Waals surface area contributed by atoms with Crippen LogP contribution in [-0.2, 0) is 9.59 Å². The average Bonchev–Trinajstić information content (AvgIpc) is 2.43. The molecule has 0 saturated heterocycles. The van der Waals surface area contributed by atoms with Gasteiger partial charge in [-0.15, -0.1) is 0 Å². The van der Waals surface area contributed by atoms with Gasteiger partial charge in [0.25, 0.3) is 5.24 Å². The van der Waals surface area contributed by atoms with Gasteiger partial charge in [0.1, 0.15) is 11.5 Å². The van der Waals surface area contributed by atoms with Crippen LogP contribution in [-0.4, -0.2) is 11.2 Å². The summed E-state index contributed by atoms with van der Waals surface area (Å²) in [5.74, 6) is 1.68. The fraction of sp³-hybridized carbons (Fsp3) is 0.167. The molecule has 0 aromatic heterocycles. The summed E-state index contributed by atoms with van der Waals surface area (Å²) >= 11 is 5.52. The number of hydrogen-bond donors (Lipinski definition) is 0. The first-order valence-electron chi connectivity index (χ1n) is 6.59. The minimum Gasteiger partial charge on any atom is -0.275 e. The molecule has 0 bridgehead atoms. The quantitative estimate of drug-likeness (QED) is 0.482. The van der Waals surface area contributed by atoms with E-state index >= 15 is 0 Å². The minimum absolute atomic E-state index is 0.108. The molecule has 0 aliphatic carbocycles. The molecule has 0 unspecified atom stereocenters. The lowest BCUT2D eigenvalue weighted by Gasteiger charge is -2.17. The van der Waals surface area contributed by atoms with Crippen molar-refractivity contribution >= 4 is 28.4 Å². The van der Waals surface area contributed by atoms with Crippen LogP contribution in [0.2, 0.25) is 0 Å². The number of benzene rings is 2. The van der Waals surface area contributed by atoms with Gasteiger partial charge in [-0.1, -0.05) is 36.4 Å². The maximum Gasteiger partial charge on any atom is 0.264 e. The predicted molar refractivity (Wildman–Crippen MR) is 86.0 cm³/mol. The van der Waals surface area contributed by atoms with E-state index in [0.29, 0.717) is 5.56 Å². The molecule has 2 aromatic carbocycles. The van der Waals surface area contributed by atoms with Crippen LogP contribution in [0.1, 0.15) is 22.3 Å². The van der Waals surface area contributed by atoms with Gasteiger partial charge in [0.2, 0.25) is 0 Å². The van der Waals surface area contributed by atoms with Crippen molar-refractivity contribution in [3.63, 3.8) is 0 Å². The van der Waals surface area contributed by atoms with Crippen LogP contribution < -0.4 is 0 Å². The van der Waals surface area contributed by atoms with Gasteiger partial charge < -0.3 is 0 Å². The van der Waals surface area contributed by atoms with Crippen molar-refractivity contribution < 1.29 is 9.59 Å². The molecular weight excluding hydrogens is 284 g/mol. The monoisotopic (exact) mass is 298 g/mol. The molecule has 0 aliphatic heterocycles. The van der Waals surface area contributed by atoms with Crippen molar-refractivity contribution in [2.24, 2.45) is 0 Å². The van der Waals surface area contributed by atoms with Gasteiger partial charge in [-0.25, -0.2) is 4.79 Å². The summed E-state index contributed by atoms with van der Waals surface area (Å²) < 4.78 is 0. The topological polar surface area (TPSA) is 34.1 Å². The van der Waals surface area contributed by atoms with E-state index in [1.807, 2.05) is 57.2 Å². The molecule has 0 aliphatic rings. The summed E-state index contributed by atoms with van der Waals surface area (Å²) in [5, 5.41) is -0.779. The molecule has 0 atom stereocenters. The van der Waals surface area contributed by atoms with E-state index in [-0.39, 0.29) is 5.57 Å². The van der Waals surface area contributed by atoms with E-state index in [1.165, 1.54) is 0 Å². The standard InChI is InChI=1S/C18H15ClO2/c1-11-9-12(2)17(15(10-20)18(19)21)13(3)16(11)14-7-5-4-6-8-14/h4-9H,1-3H3. The lowest BCUT2D eigenvalue weighted by molar-refractivity contribution is -0.106.